The molecule has 0 amide bonds. The predicted octanol–water partition coefficient (Wildman–Crippen LogP) is 1.32. The Kier molecular flexibility index (Phi) is 3.96. The van der Waals surface area contributed by atoms with Gasteiger partial charge in [-0.1, -0.05) is 6.92 Å². The molecule has 2 heterocycles. The monoisotopic (exact) mass is 223 g/mol. The molecule has 0 saturated carbocycles. The normalized spacial score (nSPS) is 25.1. The molecule has 1 N–H and O–H groups in total. The van der Waals surface area contributed by atoms with Crippen molar-refractivity contribution in [2.45, 2.75) is 32.4 Å². The Bertz CT molecular complexity index is 324. The molecule has 1 aromatic heterocycles. The first kappa shape index (κ1) is 11.6. The first-order valence-corrected chi connectivity index (χ1v) is 6.09. The third-order valence-electron chi connectivity index (χ3n) is 3.36. The molecule has 16 heavy (non-hydrogen) atoms. The lowest BCUT2D eigenvalue weighted by atomic mass is 10.00. The smallest absolute Gasteiger partial charge is 0.122 e. The van der Waals surface area contributed by atoms with Crippen LogP contribution in [0, 0.1) is 5.92 Å². The van der Waals surface area contributed by atoms with Crippen molar-refractivity contribution in [3.8, 4) is 0 Å². The molecular weight excluding hydrogens is 202 g/mol. The van der Waals surface area contributed by atoms with E-state index in [0.29, 0.717) is 12.0 Å². The van der Waals surface area contributed by atoms with Crippen LogP contribution in [0.2, 0.25) is 0 Å². The minimum Gasteiger partial charge on any atom is -0.378 e. The molecular formula is C12H21N3O. The van der Waals surface area contributed by atoms with E-state index in [1.807, 2.05) is 19.4 Å². The molecule has 90 valence electrons. The van der Waals surface area contributed by atoms with Gasteiger partial charge in [0.05, 0.1) is 12.6 Å². The highest BCUT2D eigenvalue weighted by Gasteiger charge is 2.25. The topological polar surface area (TPSA) is 39.1 Å². The van der Waals surface area contributed by atoms with Gasteiger partial charge < -0.3 is 14.6 Å². The summed E-state index contributed by atoms with van der Waals surface area (Å²) in [5.41, 5.74) is 0. The first-order chi connectivity index (χ1) is 7.81. The number of ether oxygens (including phenoxy) is 1. The summed E-state index contributed by atoms with van der Waals surface area (Å²) in [6.07, 6.45) is 6.57. The van der Waals surface area contributed by atoms with Gasteiger partial charge >= 0.3 is 0 Å². The average Bonchev–Trinajstić information content (AvgIpc) is 2.88. The standard InChI is InChI=1S/C12H21N3O/c1-3-11-10(4-7-16-11)8-13-9-12-14-5-6-15(12)2/h5-6,10-11,13H,3-4,7-9H2,1-2H3. The van der Waals surface area contributed by atoms with Gasteiger partial charge in [0, 0.05) is 32.6 Å². The van der Waals surface area contributed by atoms with Gasteiger partial charge in [0.2, 0.25) is 0 Å². The summed E-state index contributed by atoms with van der Waals surface area (Å²) in [4.78, 5) is 4.29. The third-order valence-corrected chi connectivity index (χ3v) is 3.36. The largest absolute Gasteiger partial charge is 0.378 e. The van der Waals surface area contributed by atoms with Crippen LogP contribution < -0.4 is 5.32 Å². The van der Waals surface area contributed by atoms with E-state index in [-0.39, 0.29) is 0 Å². The molecule has 0 bridgehead atoms. The SMILES string of the molecule is CCC1OCCC1CNCc1nccn1C. The average molecular weight is 223 g/mol. The number of nitrogens with one attached hydrogen (secondary N) is 1. The molecule has 1 aliphatic rings. The molecule has 0 spiro atoms. The van der Waals surface area contributed by atoms with Crippen LogP contribution in [0.3, 0.4) is 0 Å². The lowest BCUT2D eigenvalue weighted by Gasteiger charge is -2.17. The lowest BCUT2D eigenvalue weighted by molar-refractivity contribution is 0.0872. The molecule has 2 unspecified atom stereocenters. The summed E-state index contributed by atoms with van der Waals surface area (Å²) in [5.74, 6) is 1.76. The highest BCUT2D eigenvalue weighted by molar-refractivity contribution is 4.90. The van der Waals surface area contributed by atoms with Gasteiger partial charge in [-0.05, 0) is 18.8 Å². The zero-order chi connectivity index (χ0) is 11.4. The third kappa shape index (κ3) is 2.62. The van der Waals surface area contributed by atoms with Crippen molar-refractivity contribution in [1.82, 2.24) is 14.9 Å². The number of aryl methyl sites for hydroxylation is 1. The maximum atomic E-state index is 5.67. The summed E-state index contributed by atoms with van der Waals surface area (Å²) in [6.45, 7) is 5.00. The van der Waals surface area contributed by atoms with Crippen LogP contribution in [0.5, 0.6) is 0 Å². The fourth-order valence-corrected chi connectivity index (χ4v) is 2.31. The fourth-order valence-electron chi connectivity index (χ4n) is 2.31. The Morgan fingerprint density at radius 2 is 2.50 bits per heavy atom. The van der Waals surface area contributed by atoms with Crippen LogP contribution in [-0.4, -0.2) is 28.8 Å². The minimum absolute atomic E-state index is 0.453. The number of rotatable bonds is 5. The molecule has 4 heteroatoms. The second kappa shape index (κ2) is 5.46. The summed E-state index contributed by atoms with van der Waals surface area (Å²) >= 11 is 0. The summed E-state index contributed by atoms with van der Waals surface area (Å²) in [7, 11) is 2.03. The molecule has 0 aromatic carbocycles. The maximum Gasteiger partial charge on any atom is 0.122 e. The van der Waals surface area contributed by atoms with Gasteiger partial charge in [0.1, 0.15) is 5.82 Å². The van der Waals surface area contributed by atoms with Crippen molar-refractivity contribution in [2.24, 2.45) is 13.0 Å². The molecule has 2 rings (SSSR count). The molecule has 0 radical (unpaired) electrons. The van der Waals surface area contributed by atoms with E-state index in [2.05, 4.69) is 21.8 Å². The van der Waals surface area contributed by atoms with Crippen LogP contribution in [0.25, 0.3) is 0 Å². The minimum atomic E-state index is 0.453. The number of imidazole rings is 1. The van der Waals surface area contributed by atoms with Crippen LogP contribution in [-0.2, 0) is 18.3 Å². The second-order valence-corrected chi connectivity index (χ2v) is 4.45. The highest BCUT2D eigenvalue weighted by Crippen LogP contribution is 2.22. The molecule has 4 nitrogen and oxygen atoms in total. The van der Waals surface area contributed by atoms with E-state index in [4.69, 9.17) is 4.74 Å². The fraction of sp³-hybridized carbons (Fsp3) is 0.750. The van der Waals surface area contributed by atoms with Crippen LogP contribution in [0.1, 0.15) is 25.6 Å². The molecule has 1 saturated heterocycles. The Balaban J connectivity index is 1.74. The maximum absolute atomic E-state index is 5.67. The summed E-state index contributed by atoms with van der Waals surface area (Å²) in [5, 5.41) is 3.47. The summed E-state index contributed by atoms with van der Waals surface area (Å²) < 4.78 is 7.72. The Morgan fingerprint density at radius 3 is 3.19 bits per heavy atom. The van der Waals surface area contributed by atoms with Gasteiger partial charge in [-0.15, -0.1) is 0 Å². The van der Waals surface area contributed by atoms with E-state index in [1.54, 1.807) is 0 Å². The van der Waals surface area contributed by atoms with Crippen molar-refractivity contribution in [1.29, 1.82) is 0 Å². The lowest BCUT2D eigenvalue weighted by Crippen LogP contribution is -2.28. The van der Waals surface area contributed by atoms with E-state index in [0.717, 1.165) is 31.9 Å². The van der Waals surface area contributed by atoms with Gasteiger partial charge in [-0.3, -0.25) is 0 Å². The van der Waals surface area contributed by atoms with E-state index in [1.165, 1.54) is 6.42 Å². The number of aromatic nitrogens is 2. The van der Waals surface area contributed by atoms with Crippen molar-refractivity contribution >= 4 is 0 Å². The van der Waals surface area contributed by atoms with Crippen molar-refractivity contribution in [2.75, 3.05) is 13.2 Å². The number of nitrogens with zero attached hydrogens (tertiary/aromatic N) is 2. The molecule has 1 fully saturated rings. The van der Waals surface area contributed by atoms with Gasteiger partial charge in [-0.2, -0.15) is 0 Å². The number of hydrogen-bond donors (Lipinski definition) is 1. The second-order valence-electron chi connectivity index (χ2n) is 4.45. The molecule has 1 aromatic rings. The number of hydrogen-bond acceptors (Lipinski definition) is 3. The van der Waals surface area contributed by atoms with Crippen molar-refractivity contribution in [3.63, 3.8) is 0 Å². The highest BCUT2D eigenvalue weighted by atomic mass is 16.5. The van der Waals surface area contributed by atoms with E-state index >= 15 is 0 Å². The predicted molar refractivity (Wildman–Crippen MR) is 63.1 cm³/mol. The van der Waals surface area contributed by atoms with E-state index < -0.39 is 0 Å². The van der Waals surface area contributed by atoms with Crippen molar-refractivity contribution < 1.29 is 4.74 Å². The Morgan fingerprint density at radius 1 is 1.62 bits per heavy atom. The molecule has 0 aliphatic carbocycles. The van der Waals surface area contributed by atoms with Crippen LogP contribution in [0.15, 0.2) is 12.4 Å². The van der Waals surface area contributed by atoms with Gasteiger partial charge in [0.25, 0.3) is 0 Å². The molecule has 2 atom stereocenters. The zero-order valence-electron chi connectivity index (χ0n) is 10.1. The van der Waals surface area contributed by atoms with Crippen LogP contribution >= 0.6 is 0 Å². The summed E-state index contributed by atoms with van der Waals surface area (Å²) in [6, 6.07) is 0. The van der Waals surface area contributed by atoms with Gasteiger partial charge in [-0.25, -0.2) is 4.98 Å². The Labute approximate surface area is 97.0 Å². The quantitative estimate of drug-likeness (QED) is 0.818. The molecule has 1 aliphatic heterocycles. The van der Waals surface area contributed by atoms with Crippen LogP contribution in [0.4, 0.5) is 0 Å². The zero-order valence-corrected chi connectivity index (χ0v) is 10.1. The van der Waals surface area contributed by atoms with Crippen molar-refractivity contribution in [3.05, 3.63) is 18.2 Å². The van der Waals surface area contributed by atoms with E-state index in [9.17, 15) is 0 Å². The first-order valence-electron chi connectivity index (χ1n) is 6.09. The van der Waals surface area contributed by atoms with Gasteiger partial charge in [0.15, 0.2) is 0 Å². The Hall–Kier alpha value is -0.870.